The van der Waals surface area contributed by atoms with Gasteiger partial charge >= 0.3 is 53.1 Å². The van der Waals surface area contributed by atoms with Crippen molar-refractivity contribution in [3.63, 3.8) is 0 Å². The second kappa shape index (κ2) is 30.9. The van der Waals surface area contributed by atoms with Gasteiger partial charge in [0, 0.05) is 16.5 Å². The fraction of sp³-hybridized carbons (Fsp3) is 0. The molecule has 0 aliphatic rings. The monoisotopic (exact) mass is 321 g/mol. The zero-order valence-corrected chi connectivity index (χ0v) is 5.92. The first-order valence-electron chi connectivity index (χ1n) is 0.236. The van der Waals surface area contributed by atoms with Gasteiger partial charge in [-0.1, -0.05) is 0 Å². The van der Waals surface area contributed by atoms with Crippen molar-refractivity contribution in [3.05, 3.63) is 0 Å². The summed E-state index contributed by atoms with van der Waals surface area (Å²) in [5.41, 5.74) is 0. The summed E-state index contributed by atoms with van der Waals surface area (Å²) in [5, 5.41) is 0. The van der Waals surface area contributed by atoms with Gasteiger partial charge in [0.2, 0.25) is 0 Å². The molecule has 0 saturated heterocycles. The van der Waals surface area contributed by atoms with E-state index in [0.29, 0.717) is 0 Å². The van der Waals surface area contributed by atoms with Crippen LogP contribution < -0.4 is 0 Å². The van der Waals surface area contributed by atoms with Gasteiger partial charge in [-0.25, -0.2) is 0 Å². The van der Waals surface area contributed by atoms with Crippen LogP contribution in [0.4, 0.5) is 0 Å². The summed E-state index contributed by atoms with van der Waals surface area (Å²) in [4.78, 5) is 0. The van der Waals surface area contributed by atoms with Crippen LogP contribution in [0.1, 0.15) is 0 Å². The summed E-state index contributed by atoms with van der Waals surface area (Å²) in [6, 6.07) is 0. The Morgan fingerprint density at radius 2 is 1.20 bits per heavy atom. The second-order valence-corrected chi connectivity index (χ2v) is 0. The average Bonchev–Trinajstić information content (AvgIpc) is 1.00. The van der Waals surface area contributed by atoms with Crippen LogP contribution >= 0.6 is 0 Å². The van der Waals surface area contributed by atoms with Crippen molar-refractivity contribution in [2.24, 2.45) is 0 Å². The molecule has 33 valence electrons. The van der Waals surface area contributed by atoms with Crippen molar-refractivity contribution in [1.82, 2.24) is 0 Å². The normalized spacial score (nSPS) is 1.20. The van der Waals surface area contributed by atoms with Gasteiger partial charge in [-0.3, -0.25) is 0 Å². The van der Waals surface area contributed by atoms with E-state index in [1.165, 1.54) is 0 Å². The van der Waals surface area contributed by atoms with Gasteiger partial charge < -0.3 is 0 Å². The van der Waals surface area contributed by atoms with E-state index in [1.807, 2.05) is 0 Å². The molecule has 0 N–H and O–H groups in total. The first kappa shape index (κ1) is 25.7. The molecule has 1 nitrogen and oxygen atoms in total. The Morgan fingerprint density at radius 1 is 1.20 bits per heavy atom. The van der Waals surface area contributed by atoms with E-state index in [4.69, 9.17) is 1.70 Å². The summed E-state index contributed by atoms with van der Waals surface area (Å²) >= 11 is -0.0833. The molecule has 0 aromatic rings. The van der Waals surface area contributed by atoms with Crippen LogP contribution in [0.3, 0.4) is 0 Å². The van der Waals surface area contributed by atoms with E-state index in [0.717, 1.165) is 0 Å². The van der Waals surface area contributed by atoms with E-state index in [1.54, 1.807) is 0 Å². The number of hydrogen-bond acceptors (Lipinski definition) is 1. The van der Waals surface area contributed by atoms with Gasteiger partial charge in [0.15, 0.2) is 17.4 Å². The molecular weight excluding hydrogens is 313 g/mol. The molecule has 0 aromatic heterocycles. The molecule has 0 amide bonds. The standard InChI is InChI=1S/Al.GeH4.La.Ni.O.3H/h;1H4;;;;;;. The Hall–Kier alpha value is 2.56. The molecule has 5 heteroatoms. The SMILES string of the molecule is [AlH3].[GeH4].[Ni].[O]=[La]. The van der Waals surface area contributed by atoms with Gasteiger partial charge in [-0.15, -0.1) is 0 Å². The Morgan fingerprint density at radius 3 is 1.20 bits per heavy atom. The van der Waals surface area contributed by atoms with Crippen molar-refractivity contribution in [1.29, 1.82) is 0 Å². The molecule has 0 heterocycles. The van der Waals surface area contributed by atoms with Crippen molar-refractivity contribution >= 4 is 35.0 Å². The van der Waals surface area contributed by atoms with Crippen LogP contribution in [-0.4, -0.2) is 35.0 Å². The van der Waals surface area contributed by atoms with Gasteiger partial charge in [0.1, 0.15) is 0 Å². The molecule has 0 aliphatic carbocycles. The van der Waals surface area contributed by atoms with Crippen LogP contribution in [0.25, 0.3) is 0 Å². The number of rotatable bonds is 0. The summed E-state index contributed by atoms with van der Waals surface area (Å²) in [6.45, 7) is 0. The first-order chi connectivity index (χ1) is 1.00. The third-order valence-electron chi connectivity index (χ3n) is 0. The molecule has 0 aromatic carbocycles. The van der Waals surface area contributed by atoms with E-state index in [9.17, 15) is 0 Å². The Balaban J connectivity index is -0.00000000167. The van der Waals surface area contributed by atoms with Gasteiger partial charge in [-0.2, -0.15) is 0 Å². The predicted molar refractivity (Wildman–Crippen MR) is 22.0 cm³/mol. The van der Waals surface area contributed by atoms with Crippen LogP contribution in [0.5, 0.6) is 0 Å². The molecular formula is H7AlGeLaNiO. The van der Waals surface area contributed by atoms with Crippen molar-refractivity contribution < 1.29 is 52.0 Å². The fourth-order valence-electron chi connectivity index (χ4n) is 0. The summed E-state index contributed by atoms with van der Waals surface area (Å²) in [5.74, 6) is 0. The zero-order valence-electron chi connectivity index (χ0n) is 1.30. The maximum atomic E-state index is 8.42. The average molecular weight is 320 g/mol. The van der Waals surface area contributed by atoms with E-state index in [2.05, 4.69) is 0 Å². The van der Waals surface area contributed by atoms with E-state index in [-0.39, 0.29) is 85.3 Å². The summed E-state index contributed by atoms with van der Waals surface area (Å²) in [7, 11) is 0. The zero-order chi connectivity index (χ0) is 2.00. The van der Waals surface area contributed by atoms with E-state index >= 15 is 0 Å². The van der Waals surface area contributed by atoms with Crippen LogP contribution in [0, 0.1) is 33.8 Å². The molecule has 0 radical (unpaired) electrons. The Labute approximate surface area is 85.4 Å². The minimum absolute atomic E-state index is 0. The van der Waals surface area contributed by atoms with Crippen LogP contribution in [0.15, 0.2) is 0 Å². The van der Waals surface area contributed by atoms with Crippen LogP contribution in [0.2, 0.25) is 0 Å². The van der Waals surface area contributed by atoms with Crippen molar-refractivity contribution in [2.75, 3.05) is 0 Å². The van der Waals surface area contributed by atoms with Gasteiger partial charge in [-0.05, 0) is 0 Å². The first-order valence-corrected chi connectivity index (χ1v) is 1.72. The van der Waals surface area contributed by atoms with Crippen LogP contribution in [-0.2, 0) is 18.2 Å². The third kappa shape index (κ3) is 20.8. The van der Waals surface area contributed by atoms with Gasteiger partial charge in [0.25, 0.3) is 0 Å². The minimum atomic E-state index is -0.0833. The molecule has 0 unspecified atom stereocenters. The molecule has 0 atom stereocenters. The molecule has 0 aliphatic heterocycles. The predicted octanol–water partition coefficient (Wildman–Crippen LogP) is -2.76. The Bertz CT molecular complexity index is 11.6. The molecule has 0 fully saturated rings. The molecule has 0 bridgehead atoms. The summed E-state index contributed by atoms with van der Waals surface area (Å²) in [6.07, 6.45) is 0. The fourth-order valence-corrected chi connectivity index (χ4v) is 0. The quantitative estimate of drug-likeness (QED) is 0.442. The number of hydrogen-bond donors (Lipinski definition) is 0. The molecule has 5 heavy (non-hydrogen) atoms. The molecule has 0 rings (SSSR count). The molecule has 0 spiro atoms. The maximum absolute atomic E-state index is 8.42. The second-order valence-electron chi connectivity index (χ2n) is 0. The Kier molecular flexibility index (Phi) is 159. The summed E-state index contributed by atoms with van der Waals surface area (Å²) < 4.78 is 8.42. The van der Waals surface area contributed by atoms with E-state index < -0.39 is 0 Å². The van der Waals surface area contributed by atoms with Gasteiger partial charge in [0.05, 0.1) is 0 Å². The third-order valence-corrected chi connectivity index (χ3v) is 0. The van der Waals surface area contributed by atoms with Crippen molar-refractivity contribution in [3.8, 4) is 0 Å². The molecule has 0 saturated carbocycles. The van der Waals surface area contributed by atoms with Crippen molar-refractivity contribution in [2.45, 2.75) is 0 Å². The topological polar surface area (TPSA) is 17.1 Å².